The maximum absolute atomic E-state index is 14.5. The summed E-state index contributed by atoms with van der Waals surface area (Å²) in [7, 11) is -4.08. The average molecular weight is 1150 g/mol. The number of amides is 8. The number of carbonyl (C=O) groups is 8. The summed E-state index contributed by atoms with van der Waals surface area (Å²) < 4.78 is 46.7. The quantitative estimate of drug-likeness (QED) is 0.0204. The largest absolute Gasteiger partial charge is 0.399 e. The van der Waals surface area contributed by atoms with Crippen molar-refractivity contribution in [3.05, 3.63) is 106 Å². The number of likely N-dealkylation sites (N-methyl/N-ethyl adjacent to an activating group) is 1. The van der Waals surface area contributed by atoms with Crippen molar-refractivity contribution in [3.63, 3.8) is 0 Å². The molecule has 0 saturated carbocycles. The van der Waals surface area contributed by atoms with Crippen LogP contribution in [-0.4, -0.2) is 140 Å². The number of H-pyrrole nitrogens is 1. The van der Waals surface area contributed by atoms with Gasteiger partial charge in [-0.3, -0.25) is 48.2 Å². The summed E-state index contributed by atoms with van der Waals surface area (Å²) in [5, 5.41) is 10.9. The molecule has 3 unspecified atom stereocenters. The Labute approximate surface area is 473 Å². The molecule has 9 N–H and O–H groups in total. The lowest BCUT2D eigenvalue weighted by atomic mass is 10.0. The number of rotatable bonds is 24. The molecule has 0 aliphatic carbocycles. The van der Waals surface area contributed by atoms with Crippen molar-refractivity contribution in [3.8, 4) is 11.8 Å². The fourth-order valence-electron chi connectivity index (χ4n) is 11.1. The molecule has 4 aromatic rings. The van der Waals surface area contributed by atoms with E-state index in [2.05, 4.69) is 38.1 Å². The Kier molecular flexibility index (Phi) is 20.1. The van der Waals surface area contributed by atoms with Gasteiger partial charge < -0.3 is 55.9 Å². The van der Waals surface area contributed by atoms with Crippen LogP contribution in [0.5, 0.6) is 0 Å². The normalized spacial score (nSPS) is 20.2. The third-order valence-corrected chi connectivity index (χ3v) is 16.6. The Morgan fingerprint density at radius 1 is 0.902 bits per heavy atom. The number of piperidine rings is 1. The van der Waals surface area contributed by atoms with Gasteiger partial charge in [0, 0.05) is 72.6 Å². The van der Waals surface area contributed by atoms with Crippen LogP contribution >= 0.6 is 7.60 Å². The van der Waals surface area contributed by atoms with Crippen LogP contribution in [-0.2, 0) is 50.3 Å². The third-order valence-electron chi connectivity index (χ3n) is 15.6. The number of nitrogens with one attached hydrogen (secondary N) is 5. The number of hydrogen-bond donors (Lipinski definition) is 8. The Hall–Kier alpha value is -7.35. The van der Waals surface area contributed by atoms with Crippen LogP contribution in [0.25, 0.3) is 10.9 Å². The van der Waals surface area contributed by atoms with Crippen LogP contribution in [0.2, 0.25) is 0 Å². The molecular weight excluding hydrogens is 1080 g/mol. The number of alkyl halides is 2. The lowest BCUT2D eigenvalue weighted by molar-refractivity contribution is -0.144. The van der Waals surface area contributed by atoms with Gasteiger partial charge in [-0.15, -0.1) is 0 Å². The second-order valence-electron chi connectivity index (χ2n) is 21.5. The molecule has 82 heavy (non-hydrogen) atoms. The smallest absolute Gasteiger partial charge is 0.379 e. The van der Waals surface area contributed by atoms with Gasteiger partial charge in [0.15, 0.2) is 0 Å². The summed E-state index contributed by atoms with van der Waals surface area (Å²) in [6.07, 6.45) is 8.79. The maximum Gasteiger partial charge on any atom is 0.399 e. The number of nitrogens with zero attached hydrogens (tertiary/aromatic N) is 3. The highest BCUT2D eigenvalue weighted by Gasteiger charge is 2.51. The number of carbonyl (C=O) groups excluding carboxylic acids is 8. The fraction of sp³-hybridized carbons (Fsp3) is 0.483. The summed E-state index contributed by atoms with van der Waals surface area (Å²) in [6, 6.07) is 13.5. The Morgan fingerprint density at radius 2 is 1.65 bits per heavy atom. The maximum atomic E-state index is 14.5. The van der Waals surface area contributed by atoms with Crippen molar-refractivity contribution < 1.29 is 66.2 Å². The van der Waals surface area contributed by atoms with Crippen molar-refractivity contribution in [2.45, 2.75) is 145 Å². The number of ether oxygens (including phenoxy) is 1. The zero-order chi connectivity index (χ0) is 58.7. The molecule has 0 bridgehead atoms. The van der Waals surface area contributed by atoms with E-state index in [1.54, 1.807) is 19.2 Å². The van der Waals surface area contributed by atoms with Gasteiger partial charge in [-0.05, 0) is 100.0 Å². The zero-order valence-electron chi connectivity index (χ0n) is 45.6. The molecule has 8 rings (SSSR count). The van der Waals surface area contributed by atoms with E-state index in [1.807, 2.05) is 41.3 Å². The predicted octanol–water partition coefficient (Wildman–Crippen LogP) is 4.75. The molecule has 5 heterocycles. The average Bonchev–Trinajstić information content (AvgIpc) is 4.33. The molecule has 0 spiro atoms. The Bertz CT molecular complexity index is 3160. The molecule has 6 atom stereocenters. The highest BCUT2D eigenvalue weighted by Crippen LogP contribution is 2.59. The van der Waals surface area contributed by atoms with Gasteiger partial charge in [0.25, 0.3) is 11.8 Å². The Balaban J connectivity index is 0.800. The van der Waals surface area contributed by atoms with Crippen LogP contribution in [0.3, 0.4) is 0 Å². The van der Waals surface area contributed by atoms with Gasteiger partial charge in [0.2, 0.25) is 35.4 Å². The van der Waals surface area contributed by atoms with Gasteiger partial charge in [0.05, 0.1) is 12.6 Å². The lowest BCUT2D eigenvalue weighted by Gasteiger charge is -2.38. The molecule has 1 aromatic heterocycles. The minimum atomic E-state index is -5.86. The molecule has 3 aromatic carbocycles. The summed E-state index contributed by atoms with van der Waals surface area (Å²) in [6.45, 7) is 1.39. The van der Waals surface area contributed by atoms with Crippen LogP contribution in [0.15, 0.2) is 72.8 Å². The van der Waals surface area contributed by atoms with E-state index >= 15 is 0 Å². The number of unbranched alkanes of at least 4 members (excludes halogenated alkanes) is 7. The molecular formula is C58H70F2N9O12P. The van der Waals surface area contributed by atoms with Crippen molar-refractivity contribution in [1.29, 1.82) is 0 Å². The summed E-state index contributed by atoms with van der Waals surface area (Å²) in [5.74, 6) is 2.24. The molecule has 3 fully saturated rings. The van der Waals surface area contributed by atoms with Gasteiger partial charge in [-0.2, -0.15) is 8.78 Å². The van der Waals surface area contributed by atoms with Crippen LogP contribution < -0.4 is 27.0 Å². The number of primary amides is 1. The van der Waals surface area contributed by atoms with Crippen LogP contribution in [0, 0.1) is 11.8 Å². The third kappa shape index (κ3) is 14.8. The molecule has 4 aliphatic heterocycles. The molecule has 438 valence electrons. The minimum Gasteiger partial charge on any atom is -0.379 e. The van der Waals surface area contributed by atoms with Gasteiger partial charge in [0.1, 0.15) is 29.9 Å². The number of fused-ring (bicyclic) bond motifs is 3. The van der Waals surface area contributed by atoms with E-state index in [0.29, 0.717) is 44.4 Å². The number of benzene rings is 3. The van der Waals surface area contributed by atoms with Gasteiger partial charge in [-0.1, -0.05) is 86.4 Å². The van der Waals surface area contributed by atoms with E-state index in [1.165, 1.54) is 15.9 Å². The second kappa shape index (κ2) is 27.2. The first-order chi connectivity index (χ1) is 39.2. The molecule has 8 amide bonds. The topological polar surface area (TPSA) is 303 Å². The zero-order valence-corrected chi connectivity index (χ0v) is 46.5. The first kappa shape index (κ1) is 60.7. The van der Waals surface area contributed by atoms with Crippen molar-refractivity contribution in [2.24, 2.45) is 5.73 Å². The number of aromatic amines is 1. The first-order valence-electron chi connectivity index (χ1n) is 27.9. The van der Waals surface area contributed by atoms with Gasteiger partial charge >= 0.3 is 13.3 Å². The monoisotopic (exact) mass is 1150 g/mol. The van der Waals surface area contributed by atoms with E-state index in [4.69, 9.17) is 10.5 Å². The van der Waals surface area contributed by atoms with Crippen molar-refractivity contribution >= 4 is 65.8 Å². The minimum absolute atomic E-state index is 0.0512. The second-order valence-corrected chi connectivity index (χ2v) is 23.2. The summed E-state index contributed by atoms with van der Waals surface area (Å²) in [5.41, 5.74) is 3.08. The molecule has 0 radical (unpaired) electrons. The highest BCUT2D eigenvalue weighted by atomic mass is 31.2. The van der Waals surface area contributed by atoms with E-state index in [0.717, 1.165) is 79.8 Å². The fourth-order valence-corrected chi connectivity index (χ4v) is 11.6. The van der Waals surface area contributed by atoms with Gasteiger partial charge in [-0.25, -0.2) is 0 Å². The number of aromatic nitrogens is 1. The molecule has 4 aliphatic rings. The molecule has 24 heteroatoms. The Morgan fingerprint density at radius 3 is 2.38 bits per heavy atom. The number of hydrogen-bond acceptors (Lipinski definition) is 11. The SMILES string of the molecule is CN1CC[C@H]2CC[C@@H](C(=O)NC(CCC(N)=O)C(=O)NC(COCCCCCCCCCC#Cc3cccc4c3CN(C3CCC(=O)NC3=O)C4=O)c3ccccc3)N2C(=O)[C@@H](NC(=O)c2cc3cc(C(F)(F)P(=O)(O)O)ccc3[nH]2)C1. The highest BCUT2D eigenvalue weighted by molar-refractivity contribution is 7.52. The van der Waals surface area contributed by atoms with Crippen LogP contribution in [0.4, 0.5) is 8.78 Å². The standard InChI is InChI=1S/C58H70F2N9O12P/c1-67-29-28-40-21-24-49(69(40)57(77)46(34-67)64-53(73)45-32-38-31-39(20-22-43(38)62-45)58(59,60)82(78,79)80)55(75)63-44(23-26-50(61)70)52(72)65-47(37-16-11-9-12-17-37)35-81-30-13-8-6-4-2-3-5-7-10-15-36-18-14-19-41-42(36)33-68(56(41)76)48-25-27-51(71)66-54(48)74/h9,11-12,14,16-20,22,31-32,40,44,46-49,62H,2-8,13,21,23-30,33-35H2,1H3,(H2,61,70)(H,63,75)(H,64,73)(H,65,72)(H,66,71,74)(H2,78,79,80)/t40-,44?,46+,47?,48?,49+/m1/s1. The van der Waals surface area contributed by atoms with Crippen molar-refractivity contribution in [2.75, 3.05) is 33.4 Å². The van der Waals surface area contributed by atoms with Crippen molar-refractivity contribution in [1.82, 2.24) is 41.0 Å². The van der Waals surface area contributed by atoms with Crippen LogP contribution in [0.1, 0.15) is 145 Å². The van der Waals surface area contributed by atoms with E-state index in [-0.39, 0.29) is 73.8 Å². The number of nitrogens with two attached hydrogens (primary N) is 1. The number of imide groups is 1. The first-order valence-corrected chi connectivity index (χ1v) is 29.5. The molecule has 3 saturated heterocycles. The summed E-state index contributed by atoms with van der Waals surface area (Å²) >= 11 is 0. The number of halogens is 2. The lowest BCUT2D eigenvalue weighted by Crippen LogP contribution is -2.61. The summed E-state index contributed by atoms with van der Waals surface area (Å²) in [4.78, 5) is 132. The predicted molar refractivity (Wildman–Crippen MR) is 296 cm³/mol. The molecule has 21 nitrogen and oxygen atoms in total. The van der Waals surface area contributed by atoms with E-state index in [9.17, 15) is 61.5 Å². The van der Waals surface area contributed by atoms with E-state index < -0.39 is 90.5 Å².